The van der Waals surface area contributed by atoms with E-state index in [0.29, 0.717) is 6.04 Å². The van der Waals surface area contributed by atoms with Crippen LogP contribution in [0.25, 0.3) is 0 Å². The molecule has 1 fully saturated rings. The summed E-state index contributed by atoms with van der Waals surface area (Å²) in [6.45, 7) is 5.43. The van der Waals surface area contributed by atoms with Crippen LogP contribution in [0.1, 0.15) is 62.3 Å². The molecule has 112 valence electrons. The maximum Gasteiger partial charge on any atom is 0.106 e. The lowest BCUT2D eigenvalue weighted by Gasteiger charge is -2.29. The molecule has 0 aliphatic heterocycles. The number of hydrogen-bond donors (Lipinski definition) is 2. The highest BCUT2D eigenvalue weighted by Crippen LogP contribution is 2.40. The van der Waals surface area contributed by atoms with Crippen molar-refractivity contribution in [1.82, 2.24) is 14.9 Å². The molecule has 1 saturated carbocycles. The number of imidazole rings is 1. The molecule has 2 unspecified atom stereocenters. The van der Waals surface area contributed by atoms with E-state index in [2.05, 4.69) is 23.7 Å². The number of aryl methyl sites for hydroxylation is 2. The Hall–Kier alpha value is -0.870. The number of rotatable bonds is 4. The van der Waals surface area contributed by atoms with Crippen LogP contribution in [0.4, 0.5) is 0 Å². The fourth-order valence-corrected chi connectivity index (χ4v) is 4.24. The lowest BCUT2D eigenvalue weighted by Crippen LogP contribution is -2.46. The lowest BCUT2D eigenvalue weighted by molar-refractivity contribution is 0.162. The van der Waals surface area contributed by atoms with Crippen LogP contribution >= 0.6 is 0 Å². The van der Waals surface area contributed by atoms with Gasteiger partial charge in [-0.15, -0.1) is 0 Å². The summed E-state index contributed by atoms with van der Waals surface area (Å²) in [5.74, 6) is 1.17. The zero-order valence-corrected chi connectivity index (χ0v) is 12.8. The van der Waals surface area contributed by atoms with Gasteiger partial charge in [0.1, 0.15) is 5.82 Å². The monoisotopic (exact) mass is 277 g/mol. The van der Waals surface area contributed by atoms with Crippen LogP contribution < -0.4 is 5.32 Å². The molecule has 0 radical (unpaired) electrons. The van der Waals surface area contributed by atoms with Crippen molar-refractivity contribution in [2.75, 3.05) is 13.2 Å². The van der Waals surface area contributed by atoms with Gasteiger partial charge in [0.25, 0.3) is 0 Å². The number of likely N-dealkylation sites (N-methyl/N-ethyl adjacent to an activating group) is 1. The average molecular weight is 277 g/mol. The number of aromatic nitrogens is 2. The summed E-state index contributed by atoms with van der Waals surface area (Å²) in [6, 6.07) is 0.510. The van der Waals surface area contributed by atoms with Crippen molar-refractivity contribution >= 4 is 0 Å². The van der Waals surface area contributed by atoms with Gasteiger partial charge in [-0.25, -0.2) is 4.98 Å². The van der Waals surface area contributed by atoms with Gasteiger partial charge in [-0.1, -0.05) is 6.92 Å². The minimum absolute atomic E-state index is 0.0717. The van der Waals surface area contributed by atoms with E-state index in [1.807, 2.05) is 0 Å². The van der Waals surface area contributed by atoms with Gasteiger partial charge in [0.05, 0.1) is 12.3 Å². The van der Waals surface area contributed by atoms with Gasteiger partial charge >= 0.3 is 0 Å². The minimum Gasteiger partial charge on any atom is -0.394 e. The SMILES string of the molecule is CCNC1(CO)CCC(n2c(C)nc3c2CCCC3)C1. The maximum absolute atomic E-state index is 9.78. The number of hydrogen-bond acceptors (Lipinski definition) is 3. The fourth-order valence-electron chi connectivity index (χ4n) is 4.24. The summed E-state index contributed by atoms with van der Waals surface area (Å²) in [5, 5.41) is 13.3. The molecule has 1 aromatic heterocycles. The highest BCUT2D eigenvalue weighted by atomic mass is 16.3. The van der Waals surface area contributed by atoms with E-state index in [1.165, 1.54) is 36.5 Å². The second-order valence-electron chi connectivity index (χ2n) is 6.49. The van der Waals surface area contributed by atoms with Crippen molar-refractivity contribution in [3.05, 3.63) is 17.2 Å². The van der Waals surface area contributed by atoms with Gasteiger partial charge in [0.15, 0.2) is 0 Å². The molecule has 0 saturated heterocycles. The largest absolute Gasteiger partial charge is 0.394 e. The Labute approximate surface area is 121 Å². The Morgan fingerprint density at radius 1 is 1.40 bits per heavy atom. The van der Waals surface area contributed by atoms with E-state index >= 15 is 0 Å². The van der Waals surface area contributed by atoms with E-state index in [0.717, 1.165) is 32.2 Å². The van der Waals surface area contributed by atoms with Crippen LogP contribution in [0.15, 0.2) is 0 Å². The molecule has 2 aliphatic carbocycles. The van der Waals surface area contributed by atoms with E-state index < -0.39 is 0 Å². The third kappa shape index (κ3) is 2.29. The van der Waals surface area contributed by atoms with Crippen molar-refractivity contribution < 1.29 is 5.11 Å². The molecule has 2 atom stereocenters. The van der Waals surface area contributed by atoms with Gasteiger partial charge in [-0.2, -0.15) is 0 Å². The van der Waals surface area contributed by atoms with Crippen LogP contribution in [0.3, 0.4) is 0 Å². The molecule has 20 heavy (non-hydrogen) atoms. The molecule has 0 bridgehead atoms. The zero-order chi connectivity index (χ0) is 14.2. The van der Waals surface area contributed by atoms with Gasteiger partial charge in [0, 0.05) is 17.3 Å². The molecule has 4 nitrogen and oxygen atoms in total. The second kappa shape index (κ2) is 5.49. The normalized spacial score (nSPS) is 29.6. The standard InChI is InChI=1S/C16H27N3O/c1-3-17-16(11-20)9-8-13(10-16)19-12(2)18-14-6-4-5-7-15(14)19/h13,17,20H,3-11H2,1-2H3. The first-order valence-electron chi connectivity index (χ1n) is 8.11. The third-order valence-corrected chi connectivity index (χ3v) is 5.15. The average Bonchev–Trinajstić information content (AvgIpc) is 3.00. The van der Waals surface area contributed by atoms with Gasteiger partial charge in [-0.05, 0) is 58.4 Å². The topological polar surface area (TPSA) is 50.1 Å². The Kier molecular flexibility index (Phi) is 3.87. The fraction of sp³-hybridized carbons (Fsp3) is 0.812. The quantitative estimate of drug-likeness (QED) is 0.886. The number of nitrogens with zero attached hydrogens (tertiary/aromatic N) is 2. The summed E-state index contributed by atoms with van der Waals surface area (Å²) < 4.78 is 2.49. The first kappa shape index (κ1) is 14.1. The van der Waals surface area contributed by atoms with Gasteiger partial charge < -0.3 is 15.0 Å². The molecular weight excluding hydrogens is 250 g/mol. The van der Waals surface area contributed by atoms with E-state index in [4.69, 9.17) is 4.98 Å². The third-order valence-electron chi connectivity index (χ3n) is 5.15. The van der Waals surface area contributed by atoms with Crippen LogP contribution in [0.2, 0.25) is 0 Å². The number of aliphatic hydroxyl groups is 1. The van der Waals surface area contributed by atoms with E-state index in [-0.39, 0.29) is 12.1 Å². The second-order valence-corrected chi connectivity index (χ2v) is 6.49. The predicted octanol–water partition coefficient (Wildman–Crippen LogP) is 2.14. The van der Waals surface area contributed by atoms with Crippen LogP contribution in [-0.4, -0.2) is 33.3 Å². The van der Waals surface area contributed by atoms with E-state index in [1.54, 1.807) is 0 Å². The summed E-state index contributed by atoms with van der Waals surface area (Å²) in [5.41, 5.74) is 2.74. The van der Waals surface area contributed by atoms with Crippen molar-refractivity contribution in [2.45, 2.75) is 70.4 Å². The summed E-state index contributed by atoms with van der Waals surface area (Å²) in [6.07, 6.45) is 8.15. The smallest absolute Gasteiger partial charge is 0.106 e. The molecule has 3 rings (SSSR count). The summed E-state index contributed by atoms with van der Waals surface area (Å²) in [4.78, 5) is 4.80. The van der Waals surface area contributed by atoms with Crippen LogP contribution in [-0.2, 0) is 12.8 Å². The van der Waals surface area contributed by atoms with Gasteiger partial charge in [0.2, 0.25) is 0 Å². The molecule has 2 aliphatic rings. The lowest BCUT2D eigenvalue weighted by atomic mass is 9.98. The zero-order valence-electron chi connectivity index (χ0n) is 12.8. The number of nitrogens with one attached hydrogen (secondary N) is 1. The first-order valence-corrected chi connectivity index (χ1v) is 8.11. The van der Waals surface area contributed by atoms with E-state index in [9.17, 15) is 5.11 Å². The molecule has 0 aromatic carbocycles. The Bertz CT molecular complexity index is 482. The van der Waals surface area contributed by atoms with Crippen LogP contribution in [0, 0.1) is 6.92 Å². The Morgan fingerprint density at radius 2 is 2.20 bits per heavy atom. The molecule has 1 aromatic rings. The molecular formula is C16H27N3O. The molecule has 4 heteroatoms. The Balaban J connectivity index is 1.86. The Morgan fingerprint density at radius 3 is 2.95 bits per heavy atom. The van der Waals surface area contributed by atoms with Crippen molar-refractivity contribution in [1.29, 1.82) is 0 Å². The van der Waals surface area contributed by atoms with Crippen molar-refractivity contribution in [3.8, 4) is 0 Å². The molecule has 0 amide bonds. The molecule has 0 spiro atoms. The predicted molar refractivity (Wildman–Crippen MR) is 80.0 cm³/mol. The first-order chi connectivity index (χ1) is 9.69. The molecule has 1 heterocycles. The highest BCUT2D eigenvalue weighted by molar-refractivity contribution is 5.22. The van der Waals surface area contributed by atoms with Crippen LogP contribution in [0.5, 0.6) is 0 Å². The molecule has 2 N–H and O–H groups in total. The number of fused-ring (bicyclic) bond motifs is 1. The van der Waals surface area contributed by atoms with Gasteiger partial charge in [-0.3, -0.25) is 0 Å². The highest BCUT2D eigenvalue weighted by Gasteiger charge is 2.40. The van der Waals surface area contributed by atoms with Crippen molar-refractivity contribution in [2.24, 2.45) is 0 Å². The minimum atomic E-state index is -0.0717. The number of aliphatic hydroxyl groups excluding tert-OH is 1. The summed E-state index contributed by atoms with van der Waals surface area (Å²) >= 11 is 0. The summed E-state index contributed by atoms with van der Waals surface area (Å²) in [7, 11) is 0. The maximum atomic E-state index is 9.78. The van der Waals surface area contributed by atoms with Crippen molar-refractivity contribution in [3.63, 3.8) is 0 Å².